The highest BCUT2D eigenvalue weighted by Gasteiger charge is 2.34. The number of hydrogen-bond acceptors (Lipinski definition) is 5. The van der Waals surface area contributed by atoms with Gasteiger partial charge in [0.1, 0.15) is 6.10 Å². The molecule has 3 N–H and O–H groups in total. The number of aliphatic hydroxyl groups excluding tert-OH is 2. The number of carbonyl (C=O) groups is 1. The summed E-state index contributed by atoms with van der Waals surface area (Å²) in [6, 6.07) is 0. The summed E-state index contributed by atoms with van der Waals surface area (Å²) in [5.74, 6) is -0.853. The molecule has 1 heterocycles. The molecule has 0 spiro atoms. The Bertz CT molecular complexity index is 467. The smallest absolute Gasteiger partial charge is 0.327 e. The van der Waals surface area contributed by atoms with Gasteiger partial charge in [-0.25, -0.2) is 4.79 Å². The van der Waals surface area contributed by atoms with Gasteiger partial charge in [0, 0.05) is 19.1 Å². The molecule has 31 heavy (non-hydrogen) atoms. The fourth-order valence-corrected chi connectivity index (χ4v) is 3.96. The molecule has 0 radical (unpaired) electrons. The van der Waals surface area contributed by atoms with Crippen LogP contribution in [0.25, 0.3) is 0 Å². The summed E-state index contributed by atoms with van der Waals surface area (Å²) >= 11 is 0. The molecule has 1 fully saturated rings. The number of unbranched alkanes of at least 4 members (excludes halogenated alkanes) is 14. The standard InChI is InChI=1S/C25H46O6/c1-21-22(26)20-23(27)25(31-21)30-19-17-15-13-11-9-7-5-3-2-4-6-8-10-12-14-16-18-24(28)29/h16,18,21-23,25-27H,2-15,17,19-20H2,1H3,(H,28,29)/b18-16+/t21-,22+,23+,25+/m0/s1. The third-order valence-electron chi connectivity index (χ3n) is 6.00. The first-order valence-corrected chi connectivity index (χ1v) is 12.5. The molecule has 0 aliphatic carbocycles. The molecule has 0 amide bonds. The van der Waals surface area contributed by atoms with Gasteiger partial charge in [-0.3, -0.25) is 0 Å². The zero-order valence-corrected chi connectivity index (χ0v) is 19.6. The maximum Gasteiger partial charge on any atom is 0.327 e. The Kier molecular flexibility index (Phi) is 16.9. The van der Waals surface area contributed by atoms with Crippen molar-refractivity contribution in [1.82, 2.24) is 0 Å². The summed E-state index contributed by atoms with van der Waals surface area (Å²) in [6.45, 7) is 2.41. The van der Waals surface area contributed by atoms with Gasteiger partial charge < -0.3 is 24.8 Å². The highest BCUT2D eigenvalue weighted by molar-refractivity contribution is 5.79. The molecular formula is C25H46O6. The van der Waals surface area contributed by atoms with Crippen LogP contribution in [-0.4, -0.2) is 52.5 Å². The van der Waals surface area contributed by atoms with Crippen LogP contribution >= 0.6 is 0 Å². The van der Waals surface area contributed by atoms with E-state index in [4.69, 9.17) is 14.6 Å². The molecule has 1 saturated heterocycles. The van der Waals surface area contributed by atoms with E-state index in [0.717, 1.165) is 25.7 Å². The molecule has 0 aromatic rings. The van der Waals surface area contributed by atoms with Crippen LogP contribution in [0.4, 0.5) is 0 Å². The fourth-order valence-electron chi connectivity index (χ4n) is 3.96. The van der Waals surface area contributed by atoms with Crippen LogP contribution in [-0.2, 0) is 14.3 Å². The second kappa shape index (κ2) is 18.6. The fraction of sp³-hybridized carbons (Fsp3) is 0.880. The molecule has 1 aliphatic heterocycles. The number of rotatable bonds is 19. The van der Waals surface area contributed by atoms with E-state index in [1.54, 1.807) is 13.0 Å². The second-order valence-corrected chi connectivity index (χ2v) is 8.93. The van der Waals surface area contributed by atoms with Crippen molar-refractivity contribution in [2.24, 2.45) is 0 Å². The third kappa shape index (κ3) is 15.5. The number of aliphatic carboxylic acids is 1. The van der Waals surface area contributed by atoms with Crippen molar-refractivity contribution in [3.63, 3.8) is 0 Å². The highest BCUT2D eigenvalue weighted by Crippen LogP contribution is 2.21. The van der Waals surface area contributed by atoms with Crippen LogP contribution in [0.1, 0.15) is 110 Å². The monoisotopic (exact) mass is 442 g/mol. The van der Waals surface area contributed by atoms with Gasteiger partial charge in [-0.05, 0) is 26.2 Å². The van der Waals surface area contributed by atoms with Crippen molar-refractivity contribution in [3.05, 3.63) is 12.2 Å². The quantitative estimate of drug-likeness (QED) is 0.184. The maximum atomic E-state index is 10.3. The Morgan fingerprint density at radius 1 is 0.839 bits per heavy atom. The van der Waals surface area contributed by atoms with E-state index < -0.39 is 24.5 Å². The third-order valence-corrected chi connectivity index (χ3v) is 6.00. The first-order valence-electron chi connectivity index (χ1n) is 12.5. The molecule has 0 saturated carbocycles. The van der Waals surface area contributed by atoms with E-state index in [0.29, 0.717) is 13.0 Å². The SMILES string of the molecule is C[C@@H]1O[C@@H](OCCCCCCCCCCCCCCCC/C=C/C(=O)O)[C@H](O)C[C@H]1O. The summed E-state index contributed by atoms with van der Waals surface area (Å²) in [4.78, 5) is 10.3. The first kappa shape index (κ1) is 28.1. The van der Waals surface area contributed by atoms with E-state index in [-0.39, 0.29) is 6.10 Å². The minimum Gasteiger partial charge on any atom is -0.478 e. The second-order valence-electron chi connectivity index (χ2n) is 8.93. The van der Waals surface area contributed by atoms with E-state index in [2.05, 4.69) is 0 Å². The normalized spacial score (nSPS) is 24.1. The molecule has 1 rings (SSSR count). The predicted molar refractivity (Wildman–Crippen MR) is 123 cm³/mol. The van der Waals surface area contributed by atoms with Crippen molar-refractivity contribution in [1.29, 1.82) is 0 Å². The molecule has 0 unspecified atom stereocenters. The summed E-state index contributed by atoms with van der Waals surface area (Å²) in [5.41, 5.74) is 0. The Morgan fingerprint density at radius 3 is 1.84 bits per heavy atom. The summed E-state index contributed by atoms with van der Waals surface area (Å²) in [6.07, 6.45) is 19.4. The summed E-state index contributed by atoms with van der Waals surface area (Å²) in [7, 11) is 0. The lowest BCUT2D eigenvalue weighted by atomic mass is 10.0. The molecule has 182 valence electrons. The van der Waals surface area contributed by atoms with Crippen molar-refractivity contribution >= 4 is 5.97 Å². The zero-order chi connectivity index (χ0) is 22.7. The Morgan fingerprint density at radius 2 is 1.32 bits per heavy atom. The number of ether oxygens (including phenoxy) is 2. The van der Waals surface area contributed by atoms with Gasteiger partial charge in [-0.15, -0.1) is 0 Å². The van der Waals surface area contributed by atoms with Gasteiger partial charge in [0.15, 0.2) is 6.29 Å². The predicted octanol–water partition coefficient (Wildman–Crippen LogP) is 5.35. The van der Waals surface area contributed by atoms with Crippen molar-refractivity contribution < 1.29 is 29.6 Å². The van der Waals surface area contributed by atoms with Crippen LogP contribution in [0.15, 0.2) is 12.2 Å². The molecule has 0 bridgehead atoms. The summed E-state index contributed by atoms with van der Waals surface area (Å²) in [5, 5.41) is 28.0. The lowest BCUT2D eigenvalue weighted by molar-refractivity contribution is -0.261. The van der Waals surface area contributed by atoms with Crippen molar-refractivity contribution in [2.75, 3.05) is 6.61 Å². The van der Waals surface area contributed by atoms with E-state index in [1.165, 1.54) is 76.7 Å². The molecule has 0 aromatic carbocycles. The van der Waals surface area contributed by atoms with Gasteiger partial charge in [0.05, 0.1) is 12.2 Å². The van der Waals surface area contributed by atoms with Crippen LogP contribution in [0.2, 0.25) is 0 Å². The number of aliphatic hydroxyl groups is 2. The number of allylic oxidation sites excluding steroid dienone is 1. The topological polar surface area (TPSA) is 96.2 Å². The summed E-state index contributed by atoms with van der Waals surface area (Å²) < 4.78 is 11.1. The average molecular weight is 443 g/mol. The van der Waals surface area contributed by atoms with E-state index in [9.17, 15) is 15.0 Å². The van der Waals surface area contributed by atoms with Crippen LogP contribution in [0, 0.1) is 0 Å². The number of carboxylic acid groups (broad SMARTS) is 1. The highest BCUT2D eigenvalue weighted by atomic mass is 16.7. The van der Waals surface area contributed by atoms with Gasteiger partial charge in [-0.2, -0.15) is 0 Å². The van der Waals surface area contributed by atoms with Crippen LogP contribution < -0.4 is 0 Å². The Balaban J connectivity index is 1.76. The van der Waals surface area contributed by atoms with Gasteiger partial charge in [-0.1, -0.05) is 83.1 Å². The molecular weight excluding hydrogens is 396 g/mol. The number of hydrogen-bond donors (Lipinski definition) is 3. The minimum absolute atomic E-state index is 0.284. The van der Waals surface area contributed by atoms with Crippen LogP contribution in [0.3, 0.4) is 0 Å². The van der Waals surface area contributed by atoms with Gasteiger partial charge in [0.2, 0.25) is 0 Å². The van der Waals surface area contributed by atoms with Crippen molar-refractivity contribution in [3.8, 4) is 0 Å². The lowest BCUT2D eigenvalue weighted by Crippen LogP contribution is -2.47. The molecule has 1 aliphatic rings. The van der Waals surface area contributed by atoms with E-state index >= 15 is 0 Å². The van der Waals surface area contributed by atoms with Crippen molar-refractivity contribution in [2.45, 2.75) is 134 Å². The average Bonchev–Trinajstić information content (AvgIpc) is 2.73. The molecule has 4 atom stereocenters. The minimum atomic E-state index is -0.853. The zero-order valence-electron chi connectivity index (χ0n) is 19.6. The molecule has 0 aromatic heterocycles. The lowest BCUT2D eigenvalue weighted by Gasteiger charge is -2.35. The Hall–Kier alpha value is -0.950. The molecule has 6 nitrogen and oxygen atoms in total. The number of carboxylic acids is 1. The Labute approximate surface area is 189 Å². The molecule has 6 heteroatoms. The van der Waals surface area contributed by atoms with Gasteiger partial charge >= 0.3 is 5.97 Å². The van der Waals surface area contributed by atoms with Gasteiger partial charge in [0.25, 0.3) is 0 Å². The van der Waals surface area contributed by atoms with Crippen LogP contribution in [0.5, 0.6) is 0 Å². The first-order chi connectivity index (χ1) is 15.0. The maximum absolute atomic E-state index is 10.3. The largest absolute Gasteiger partial charge is 0.478 e. The van der Waals surface area contributed by atoms with E-state index in [1.807, 2.05) is 0 Å².